The van der Waals surface area contributed by atoms with E-state index in [1.807, 2.05) is 31.2 Å². The van der Waals surface area contributed by atoms with Crippen LogP contribution in [0, 0.1) is 6.92 Å². The highest BCUT2D eigenvalue weighted by Crippen LogP contribution is 2.30. The van der Waals surface area contributed by atoms with Crippen molar-refractivity contribution in [1.29, 1.82) is 0 Å². The van der Waals surface area contributed by atoms with Gasteiger partial charge in [-0.3, -0.25) is 4.79 Å². The molecular weight excluding hydrogens is 328 g/mol. The molecule has 0 radical (unpaired) electrons. The fraction of sp³-hybridized carbons (Fsp3) is 0.381. The van der Waals surface area contributed by atoms with E-state index in [0.29, 0.717) is 12.1 Å². The van der Waals surface area contributed by atoms with Crippen LogP contribution in [0.3, 0.4) is 0 Å². The fourth-order valence-corrected chi connectivity index (χ4v) is 3.32. The van der Waals surface area contributed by atoms with Crippen molar-refractivity contribution in [2.24, 2.45) is 0 Å². The van der Waals surface area contributed by atoms with E-state index in [4.69, 9.17) is 0 Å². The number of aryl methyl sites for hydroxylation is 1. The maximum absolute atomic E-state index is 12.3. The van der Waals surface area contributed by atoms with Crippen LogP contribution in [0.15, 0.2) is 42.5 Å². The molecule has 1 amide bonds. The minimum atomic E-state index is -0.555. The molecule has 0 bridgehead atoms. The van der Waals surface area contributed by atoms with Gasteiger partial charge in [0.2, 0.25) is 0 Å². The zero-order valence-corrected chi connectivity index (χ0v) is 15.1. The summed E-state index contributed by atoms with van der Waals surface area (Å²) in [5.41, 5.74) is 3.20. The number of benzene rings is 2. The summed E-state index contributed by atoms with van der Waals surface area (Å²) in [6, 6.07) is 12.6. The standard InChI is InChI=1S/C21H26N2O3/c1-15-4-9-20(25)19(12-15)16-5-7-17(8-6-16)21(26)22-13-18(24)14-23-10-2-3-11-23/h4-9,12,18,24-25H,2-3,10-11,13-14H2,1H3,(H,22,26). The molecule has 0 spiro atoms. The van der Waals surface area contributed by atoms with Gasteiger partial charge in [-0.15, -0.1) is 0 Å². The van der Waals surface area contributed by atoms with Crippen LogP contribution < -0.4 is 5.32 Å². The van der Waals surface area contributed by atoms with Crippen molar-refractivity contribution in [3.05, 3.63) is 53.6 Å². The number of likely N-dealkylation sites (tertiary alicyclic amines) is 1. The van der Waals surface area contributed by atoms with Gasteiger partial charge in [0.1, 0.15) is 5.75 Å². The van der Waals surface area contributed by atoms with Gasteiger partial charge in [0.05, 0.1) is 6.10 Å². The molecule has 1 unspecified atom stereocenters. The zero-order valence-electron chi connectivity index (χ0n) is 15.1. The van der Waals surface area contributed by atoms with Gasteiger partial charge in [0, 0.05) is 24.2 Å². The molecule has 1 atom stereocenters. The first-order valence-corrected chi connectivity index (χ1v) is 9.11. The molecule has 138 valence electrons. The summed E-state index contributed by atoms with van der Waals surface area (Å²) in [5.74, 6) is 0.0170. The Labute approximate surface area is 154 Å². The molecule has 3 N–H and O–H groups in total. The van der Waals surface area contributed by atoms with Crippen LogP contribution in [0.1, 0.15) is 28.8 Å². The van der Waals surface area contributed by atoms with E-state index in [1.54, 1.807) is 18.2 Å². The smallest absolute Gasteiger partial charge is 0.251 e. The third-order valence-corrected chi connectivity index (χ3v) is 4.78. The van der Waals surface area contributed by atoms with Crippen molar-refractivity contribution in [2.75, 3.05) is 26.2 Å². The minimum Gasteiger partial charge on any atom is -0.507 e. The predicted molar refractivity (Wildman–Crippen MR) is 102 cm³/mol. The number of carbonyl (C=O) groups is 1. The molecule has 0 saturated carbocycles. The van der Waals surface area contributed by atoms with Gasteiger partial charge in [0.15, 0.2) is 0 Å². The zero-order chi connectivity index (χ0) is 18.5. The number of aliphatic hydroxyl groups is 1. The Morgan fingerprint density at radius 1 is 1.15 bits per heavy atom. The summed E-state index contributed by atoms with van der Waals surface area (Å²) in [5, 5.41) is 22.9. The first-order chi connectivity index (χ1) is 12.5. The lowest BCUT2D eigenvalue weighted by molar-refractivity contribution is 0.0879. The van der Waals surface area contributed by atoms with Crippen LogP contribution in [0.2, 0.25) is 0 Å². The molecule has 1 fully saturated rings. The minimum absolute atomic E-state index is 0.203. The van der Waals surface area contributed by atoms with Crippen molar-refractivity contribution in [3.8, 4) is 16.9 Å². The highest BCUT2D eigenvalue weighted by Gasteiger charge is 2.16. The number of carbonyl (C=O) groups excluding carboxylic acids is 1. The van der Waals surface area contributed by atoms with Gasteiger partial charge < -0.3 is 20.4 Å². The normalized spacial score (nSPS) is 15.8. The van der Waals surface area contributed by atoms with Gasteiger partial charge in [-0.25, -0.2) is 0 Å². The topological polar surface area (TPSA) is 72.8 Å². The van der Waals surface area contributed by atoms with Crippen molar-refractivity contribution < 1.29 is 15.0 Å². The Morgan fingerprint density at radius 3 is 2.54 bits per heavy atom. The quantitative estimate of drug-likeness (QED) is 0.745. The number of rotatable bonds is 6. The van der Waals surface area contributed by atoms with E-state index in [9.17, 15) is 15.0 Å². The number of nitrogens with zero attached hydrogens (tertiary/aromatic N) is 1. The lowest BCUT2D eigenvalue weighted by Crippen LogP contribution is -2.39. The van der Waals surface area contributed by atoms with Gasteiger partial charge in [-0.1, -0.05) is 23.8 Å². The number of β-amino-alcohol motifs (C(OH)–C–C–N with tert-alkyl or cyclic N) is 1. The van der Waals surface area contributed by atoms with Gasteiger partial charge in [0.25, 0.3) is 5.91 Å². The van der Waals surface area contributed by atoms with Crippen LogP contribution in [0.25, 0.3) is 11.1 Å². The number of aromatic hydroxyl groups is 1. The van der Waals surface area contributed by atoms with Crippen LogP contribution in [-0.4, -0.2) is 53.3 Å². The lowest BCUT2D eigenvalue weighted by Gasteiger charge is -2.19. The molecule has 2 aromatic rings. The predicted octanol–water partition coefficient (Wildman–Crippen LogP) is 2.55. The monoisotopic (exact) mass is 354 g/mol. The van der Waals surface area contributed by atoms with Crippen LogP contribution in [0.5, 0.6) is 5.75 Å². The molecule has 1 aliphatic rings. The SMILES string of the molecule is Cc1ccc(O)c(-c2ccc(C(=O)NCC(O)CN3CCCC3)cc2)c1. The molecule has 5 nitrogen and oxygen atoms in total. The van der Waals surface area contributed by atoms with E-state index in [-0.39, 0.29) is 18.2 Å². The lowest BCUT2D eigenvalue weighted by atomic mass is 10.0. The molecule has 0 aliphatic carbocycles. The second-order valence-corrected chi connectivity index (χ2v) is 6.97. The number of hydrogen-bond donors (Lipinski definition) is 3. The van der Waals surface area contributed by atoms with Crippen LogP contribution >= 0.6 is 0 Å². The molecule has 5 heteroatoms. The summed E-state index contributed by atoms with van der Waals surface area (Å²) in [6.07, 6.45) is 1.81. The molecule has 26 heavy (non-hydrogen) atoms. The van der Waals surface area contributed by atoms with Gasteiger partial charge in [-0.2, -0.15) is 0 Å². The van der Waals surface area contributed by atoms with Crippen LogP contribution in [0.4, 0.5) is 0 Å². The number of amides is 1. The Bertz CT molecular complexity index is 752. The molecule has 1 saturated heterocycles. The Kier molecular flexibility index (Phi) is 5.91. The maximum Gasteiger partial charge on any atom is 0.251 e. The molecular formula is C21H26N2O3. The molecule has 0 aromatic heterocycles. The number of phenolic OH excluding ortho intramolecular Hbond substituents is 1. The van der Waals surface area contributed by atoms with Crippen molar-refractivity contribution in [3.63, 3.8) is 0 Å². The number of hydrogen-bond acceptors (Lipinski definition) is 4. The first-order valence-electron chi connectivity index (χ1n) is 9.11. The average Bonchev–Trinajstić information content (AvgIpc) is 3.15. The second-order valence-electron chi connectivity index (χ2n) is 6.97. The van der Waals surface area contributed by atoms with Gasteiger partial charge >= 0.3 is 0 Å². The summed E-state index contributed by atoms with van der Waals surface area (Å²) < 4.78 is 0. The first kappa shape index (κ1) is 18.4. The second kappa shape index (κ2) is 8.34. The summed E-state index contributed by atoms with van der Waals surface area (Å²) in [6.45, 7) is 4.87. The third kappa shape index (κ3) is 4.62. The van der Waals surface area contributed by atoms with E-state index in [0.717, 1.165) is 29.8 Å². The average molecular weight is 354 g/mol. The highest BCUT2D eigenvalue weighted by atomic mass is 16.3. The number of nitrogens with one attached hydrogen (secondary N) is 1. The molecule has 1 heterocycles. The van der Waals surface area contributed by atoms with Crippen molar-refractivity contribution in [1.82, 2.24) is 10.2 Å². The summed E-state index contributed by atoms with van der Waals surface area (Å²) in [4.78, 5) is 14.5. The third-order valence-electron chi connectivity index (χ3n) is 4.78. The molecule has 1 aliphatic heterocycles. The Morgan fingerprint density at radius 2 is 1.85 bits per heavy atom. The van der Waals surface area contributed by atoms with E-state index in [1.165, 1.54) is 12.8 Å². The van der Waals surface area contributed by atoms with Crippen LogP contribution in [-0.2, 0) is 0 Å². The fourth-order valence-electron chi connectivity index (χ4n) is 3.32. The summed E-state index contributed by atoms with van der Waals surface area (Å²) >= 11 is 0. The largest absolute Gasteiger partial charge is 0.507 e. The maximum atomic E-state index is 12.3. The van der Waals surface area contributed by atoms with E-state index in [2.05, 4.69) is 10.2 Å². The Hall–Kier alpha value is -2.37. The highest BCUT2D eigenvalue weighted by molar-refractivity contribution is 5.94. The van der Waals surface area contributed by atoms with Crippen molar-refractivity contribution in [2.45, 2.75) is 25.9 Å². The van der Waals surface area contributed by atoms with Crippen molar-refractivity contribution >= 4 is 5.91 Å². The Balaban J connectivity index is 1.57. The molecule has 2 aromatic carbocycles. The molecule has 3 rings (SSSR count). The number of phenols is 1. The van der Waals surface area contributed by atoms with E-state index >= 15 is 0 Å². The number of aliphatic hydroxyl groups excluding tert-OH is 1. The van der Waals surface area contributed by atoms with E-state index < -0.39 is 6.10 Å². The van der Waals surface area contributed by atoms with Gasteiger partial charge in [-0.05, 0) is 62.7 Å². The summed E-state index contributed by atoms with van der Waals surface area (Å²) in [7, 11) is 0.